The third kappa shape index (κ3) is 9.62. The lowest BCUT2D eigenvalue weighted by Crippen LogP contribution is -2.59. The minimum Gasteiger partial charge on any atom is -0.444 e. The molecule has 0 saturated carbocycles. The quantitative estimate of drug-likeness (QED) is 0.332. The van der Waals surface area contributed by atoms with E-state index in [0.717, 1.165) is 16.7 Å². The Morgan fingerprint density at radius 2 is 1.54 bits per heavy atom. The number of carbonyl (C=O) groups excluding carboxylic acids is 4. The van der Waals surface area contributed by atoms with E-state index in [4.69, 9.17) is 10.5 Å². The maximum atomic E-state index is 14.5. The average Bonchev–Trinajstić information content (AvgIpc) is 2.83. The third-order valence-electron chi connectivity index (χ3n) is 6.89. The summed E-state index contributed by atoms with van der Waals surface area (Å²) in [4.78, 5) is 54.8. The molecule has 2 aromatic carbocycles. The van der Waals surface area contributed by atoms with Crippen LogP contribution in [0.5, 0.6) is 0 Å². The SMILES string of the molecule is CCC(C)(C)N(C(=O)C(CCC(N)=O)NC(=O)OC(C)(C)C)C(C(=O)Nc1ccccc1C)c1cc(C)cc(C)c1. The first kappa shape index (κ1) is 33.3. The highest BCUT2D eigenvalue weighted by molar-refractivity contribution is 5.99. The Morgan fingerprint density at radius 3 is 2.05 bits per heavy atom. The largest absolute Gasteiger partial charge is 0.444 e. The van der Waals surface area contributed by atoms with E-state index in [1.807, 2.05) is 84.0 Å². The molecule has 9 heteroatoms. The Hall–Kier alpha value is -3.88. The first-order valence-corrected chi connectivity index (χ1v) is 14.0. The molecule has 224 valence electrons. The van der Waals surface area contributed by atoms with Crippen molar-refractivity contribution in [2.45, 2.75) is 105 Å². The Labute approximate surface area is 244 Å². The van der Waals surface area contributed by atoms with Gasteiger partial charge in [-0.15, -0.1) is 0 Å². The van der Waals surface area contributed by atoms with Gasteiger partial charge in [-0.3, -0.25) is 14.4 Å². The van der Waals surface area contributed by atoms with Gasteiger partial charge < -0.3 is 26.0 Å². The lowest BCUT2D eigenvalue weighted by atomic mass is 9.90. The van der Waals surface area contributed by atoms with Crippen molar-refractivity contribution in [1.82, 2.24) is 10.2 Å². The van der Waals surface area contributed by atoms with Crippen LogP contribution in [0.4, 0.5) is 10.5 Å². The summed E-state index contributed by atoms with van der Waals surface area (Å²) in [5.41, 5.74) is 7.80. The number of primary amides is 1. The predicted molar refractivity (Wildman–Crippen MR) is 161 cm³/mol. The maximum Gasteiger partial charge on any atom is 0.408 e. The maximum absolute atomic E-state index is 14.5. The van der Waals surface area contributed by atoms with Crippen LogP contribution in [0, 0.1) is 20.8 Å². The van der Waals surface area contributed by atoms with E-state index < -0.39 is 47.0 Å². The van der Waals surface area contributed by atoms with E-state index >= 15 is 0 Å². The number of para-hydroxylation sites is 1. The number of rotatable bonds is 11. The number of aryl methyl sites for hydroxylation is 3. The third-order valence-corrected chi connectivity index (χ3v) is 6.89. The number of benzene rings is 2. The fraction of sp³-hybridized carbons (Fsp3) is 0.500. The predicted octanol–water partition coefficient (Wildman–Crippen LogP) is 5.47. The summed E-state index contributed by atoms with van der Waals surface area (Å²) in [6.07, 6.45) is -0.493. The molecule has 4 amide bonds. The van der Waals surface area contributed by atoms with Crippen molar-refractivity contribution >= 4 is 29.5 Å². The van der Waals surface area contributed by atoms with Crippen LogP contribution in [0.2, 0.25) is 0 Å². The molecule has 2 unspecified atom stereocenters. The van der Waals surface area contributed by atoms with Crippen molar-refractivity contribution in [3.63, 3.8) is 0 Å². The van der Waals surface area contributed by atoms with Gasteiger partial charge in [0.25, 0.3) is 5.91 Å². The molecule has 2 rings (SSSR count). The molecule has 0 aliphatic carbocycles. The van der Waals surface area contributed by atoms with E-state index in [2.05, 4.69) is 10.6 Å². The summed E-state index contributed by atoms with van der Waals surface area (Å²) in [5.74, 6) is -1.53. The minimum atomic E-state index is -1.16. The molecule has 2 atom stereocenters. The Morgan fingerprint density at radius 1 is 0.951 bits per heavy atom. The van der Waals surface area contributed by atoms with Crippen molar-refractivity contribution in [2.24, 2.45) is 5.73 Å². The van der Waals surface area contributed by atoms with Crippen molar-refractivity contribution in [1.29, 1.82) is 0 Å². The van der Waals surface area contributed by atoms with Crippen LogP contribution in [0.15, 0.2) is 42.5 Å². The molecule has 2 aromatic rings. The highest BCUT2D eigenvalue weighted by Gasteiger charge is 2.43. The van der Waals surface area contributed by atoms with Crippen LogP contribution in [0.3, 0.4) is 0 Å². The number of nitrogens with one attached hydrogen (secondary N) is 2. The number of anilines is 1. The van der Waals surface area contributed by atoms with Crippen molar-refractivity contribution in [2.75, 3.05) is 5.32 Å². The van der Waals surface area contributed by atoms with Crippen molar-refractivity contribution in [3.8, 4) is 0 Å². The summed E-state index contributed by atoms with van der Waals surface area (Å²) in [5, 5.41) is 5.66. The fourth-order valence-electron chi connectivity index (χ4n) is 4.61. The molecule has 0 fully saturated rings. The van der Waals surface area contributed by atoms with Crippen LogP contribution >= 0.6 is 0 Å². The smallest absolute Gasteiger partial charge is 0.408 e. The van der Waals surface area contributed by atoms with Gasteiger partial charge in [0, 0.05) is 17.6 Å². The number of hydrogen-bond donors (Lipinski definition) is 3. The number of nitrogens with zero attached hydrogens (tertiary/aromatic N) is 1. The van der Waals surface area contributed by atoms with E-state index in [0.29, 0.717) is 17.7 Å². The number of alkyl carbamates (subject to hydrolysis) is 1. The van der Waals surface area contributed by atoms with Gasteiger partial charge in [0.2, 0.25) is 11.8 Å². The summed E-state index contributed by atoms with van der Waals surface area (Å²) in [6.45, 7) is 16.6. The summed E-state index contributed by atoms with van der Waals surface area (Å²) in [6, 6.07) is 11.0. The van der Waals surface area contributed by atoms with Gasteiger partial charge in [-0.2, -0.15) is 0 Å². The molecular formula is C32H46N4O5. The topological polar surface area (TPSA) is 131 Å². The summed E-state index contributed by atoms with van der Waals surface area (Å²) < 4.78 is 5.42. The second-order valence-electron chi connectivity index (χ2n) is 12.2. The van der Waals surface area contributed by atoms with Gasteiger partial charge in [-0.1, -0.05) is 54.4 Å². The lowest BCUT2D eigenvalue weighted by molar-refractivity contribution is -0.148. The zero-order valence-corrected chi connectivity index (χ0v) is 25.9. The molecule has 41 heavy (non-hydrogen) atoms. The molecule has 9 nitrogen and oxygen atoms in total. The van der Waals surface area contributed by atoms with E-state index in [9.17, 15) is 19.2 Å². The van der Waals surface area contributed by atoms with Crippen LogP contribution in [-0.2, 0) is 19.1 Å². The molecule has 0 saturated heterocycles. The Kier molecular flexibility index (Phi) is 11.1. The molecule has 0 heterocycles. The van der Waals surface area contributed by atoms with E-state index in [1.54, 1.807) is 20.8 Å². The standard InChI is InChI=1S/C32H46N4O5/c1-10-32(8,9)36(29(39)25(15-16-26(33)37)35-30(40)41-31(5,6)7)27(23-18-20(2)17-21(3)19-23)28(38)34-24-14-12-11-13-22(24)4/h11-14,17-19,25,27H,10,15-16H2,1-9H3,(H2,33,37)(H,34,38)(H,35,40). The van der Waals surface area contributed by atoms with E-state index in [-0.39, 0.29) is 12.8 Å². The highest BCUT2D eigenvalue weighted by Crippen LogP contribution is 2.34. The van der Waals surface area contributed by atoms with Gasteiger partial charge in [-0.25, -0.2) is 4.79 Å². The molecule has 4 N–H and O–H groups in total. The van der Waals surface area contributed by atoms with Gasteiger partial charge in [0.05, 0.1) is 0 Å². The second-order valence-corrected chi connectivity index (χ2v) is 12.2. The number of nitrogens with two attached hydrogens (primary N) is 1. The van der Waals surface area contributed by atoms with Gasteiger partial charge in [-0.05, 0) is 85.4 Å². The average molecular weight is 567 g/mol. The lowest BCUT2D eigenvalue weighted by Gasteiger charge is -2.44. The molecule has 0 aliphatic heterocycles. The molecule has 0 spiro atoms. The molecule has 0 radical (unpaired) electrons. The minimum absolute atomic E-state index is 0.0529. The first-order valence-electron chi connectivity index (χ1n) is 14.0. The van der Waals surface area contributed by atoms with Gasteiger partial charge >= 0.3 is 6.09 Å². The number of hydrogen-bond acceptors (Lipinski definition) is 5. The second kappa shape index (κ2) is 13.7. The molecule has 0 bridgehead atoms. The van der Waals surface area contributed by atoms with Crippen LogP contribution in [0.25, 0.3) is 0 Å². The molecule has 0 aromatic heterocycles. The summed E-state index contributed by atoms with van der Waals surface area (Å²) >= 11 is 0. The van der Waals surface area contributed by atoms with Gasteiger partial charge in [0.15, 0.2) is 0 Å². The molecular weight excluding hydrogens is 520 g/mol. The van der Waals surface area contributed by atoms with Crippen molar-refractivity contribution in [3.05, 3.63) is 64.7 Å². The van der Waals surface area contributed by atoms with E-state index in [1.165, 1.54) is 4.90 Å². The van der Waals surface area contributed by atoms with Crippen LogP contribution < -0.4 is 16.4 Å². The summed E-state index contributed by atoms with van der Waals surface area (Å²) in [7, 11) is 0. The number of carbonyl (C=O) groups is 4. The Balaban J connectivity index is 2.70. The zero-order valence-electron chi connectivity index (χ0n) is 25.9. The van der Waals surface area contributed by atoms with Gasteiger partial charge in [0.1, 0.15) is 17.7 Å². The number of ether oxygens (including phenoxy) is 1. The van der Waals surface area contributed by atoms with Crippen LogP contribution in [-0.4, -0.2) is 45.9 Å². The molecule has 0 aliphatic rings. The fourth-order valence-corrected chi connectivity index (χ4v) is 4.61. The Bertz CT molecular complexity index is 1240. The normalized spacial score (nSPS) is 13.1. The van der Waals surface area contributed by atoms with Crippen molar-refractivity contribution < 1.29 is 23.9 Å². The number of amides is 4. The van der Waals surface area contributed by atoms with Crippen LogP contribution in [0.1, 0.15) is 89.1 Å². The zero-order chi connectivity index (χ0) is 31.1. The first-order chi connectivity index (χ1) is 18.9. The highest BCUT2D eigenvalue weighted by atomic mass is 16.6. The monoisotopic (exact) mass is 566 g/mol.